The van der Waals surface area contributed by atoms with Crippen LogP contribution < -0.4 is 4.90 Å². The minimum atomic E-state index is -0.319. The van der Waals surface area contributed by atoms with Gasteiger partial charge in [0.1, 0.15) is 6.54 Å². The van der Waals surface area contributed by atoms with Crippen molar-refractivity contribution in [3.63, 3.8) is 0 Å². The average molecular weight is 395 g/mol. The van der Waals surface area contributed by atoms with E-state index in [0.29, 0.717) is 23.2 Å². The number of imide groups is 1. The monoisotopic (exact) mass is 394 g/mol. The molecular formula is C17H19ClN4O3S. The molecule has 0 spiro atoms. The molecule has 0 bridgehead atoms. The first-order valence-corrected chi connectivity index (χ1v) is 9.39. The number of hydrogen-bond donors (Lipinski definition) is 0. The minimum Gasteiger partial charge on any atom is -0.308 e. The Balaban J connectivity index is 1.86. The number of thiazole rings is 1. The number of aromatic nitrogens is 1. The van der Waals surface area contributed by atoms with Gasteiger partial charge >= 0.3 is 0 Å². The molecule has 0 radical (unpaired) electrons. The Labute approximate surface area is 160 Å². The Bertz CT molecular complexity index is 851. The van der Waals surface area contributed by atoms with Crippen LogP contribution in [0.2, 0.25) is 5.02 Å². The van der Waals surface area contributed by atoms with E-state index in [9.17, 15) is 14.4 Å². The van der Waals surface area contributed by atoms with Crippen LogP contribution in [-0.4, -0.2) is 66.2 Å². The maximum atomic E-state index is 12.8. The molecule has 138 valence electrons. The first kappa shape index (κ1) is 18.8. The number of hydrogen-bond acceptors (Lipinski definition) is 6. The predicted molar refractivity (Wildman–Crippen MR) is 101 cm³/mol. The molecule has 1 aromatic heterocycles. The Morgan fingerprint density at radius 2 is 1.92 bits per heavy atom. The predicted octanol–water partition coefficient (Wildman–Crippen LogP) is 1.99. The van der Waals surface area contributed by atoms with Crippen molar-refractivity contribution in [3.8, 4) is 0 Å². The number of rotatable bonds is 6. The van der Waals surface area contributed by atoms with E-state index < -0.39 is 0 Å². The molecule has 2 heterocycles. The lowest BCUT2D eigenvalue weighted by Gasteiger charge is -2.24. The van der Waals surface area contributed by atoms with E-state index in [4.69, 9.17) is 11.6 Å². The molecule has 0 aliphatic carbocycles. The zero-order chi connectivity index (χ0) is 18.8. The summed E-state index contributed by atoms with van der Waals surface area (Å²) in [5, 5.41) is 1.14. The molecule has 1 aliphatic rings. The van der Waals surface area contributed by atoms with Gasteiger partial charge in [0.15, 0.2) is 5.13 Å². The van der Waals surface area contributed by atoms with Gasteiger partial charge in [-0.2, -0.15) is 0 Å². The van der Waals surface area contributed by atoms with Crippen molar-refractivity contribution in [3.05, 3.63) is 23.2 Å². The summed E-state index contributed by atoms with van der Waals surface area (Å²) >= 11 is 7.39. The maximum absolute atomic E-state index is 12.8. The fourth-order valence-corrected chi connectivity index (χ4v) is 3.93. The van der Waals surface area contributed by atoms with Crippen molar-refractivity contribution in [2.45, 2.75) is 12.8 Å². The number of carbonyl (C=O) groups is 3. The highest BCUT2D eigenvalue weighted by atomic mass is 35.5. The molecule has 2 aromatic rings. The Morgan fingerprint density at radius 1 is 1.23 bits per heavy atom. The van der Waals surface area contributed by atoms with E-state index in [-0.39, 0.29) is 37.1 Å². The van der Waals surface area contributed by atoms with Gasteiger partial charge in [-0.25, -0.2) is 4.98 Å². The number of carbonyl (C=O) groups excluding carboxylic acids is 3. The van der Waals surface area contributed by atoms with Gasteiger partial charge in [-0.15, -0.1) is 0 Å². The second kappa shape index (κ2) is 7.69. The number of halogens is 1. The number of fused-ring (bicyclic) bond motifs is 1. The van der Waals surface area contributed by atoms with Crippen molar-refractivity contribution in [1.29, 1.82) is 0 Å². The Morgan fingerprint density at radius 3 is 2.58 bits per heavy atom. The summed E-state index contributed by atoms with van der Waals surface area (Å²) in [7, 11) is 3.82. The van der Waals surface area contributed by atoms with Crippen LogP contribution in [-0.2, 0) is 14.4 Å². The maximum Gasteiger partial charge on any atom is 0.248 e. The zero-order valence-corrected chi connectivity index (χ0v) is 16.1. The van der Waals surface area contributed by atoms with Crippen molar-refractivity contribution in [1.82, 2.24) is 14.8 Å². The fraction of sp³-hybridized carbons (Fsp3) is 0.412. The van der Waals surface area contributed by atoms with Gasteiger partial charge in [0.05, 0.1) is 10.2 Å². The fourth-order valence-electron chi connectivity index (χ4n) is 2.65. The number of anilines is 1. The molecule has 0 saturated carbocycles. The van der Waals surface area contributed by atoms with Gasteiger partial charge in [0.25, 0.3) is 0 Å². The van der Waals surface area contributed by atoms with Crippen LogP contribution in [0, 0.1) is 0 Å². The number of amides is 3. The largest absolute Gasteiger partial charge is 0.308 e. The first-order valence-electron chi connectivity index (χ1n) is 8.19. The van der Waals surface area contributed by atoms with E-state index in [2.05, 4.69) is 4.98 Å². The molecule has 0 atom stereocenters. The van der Waals surface area contributed by atoms with Crippen molar-refractivity contribution >= 4 is 56.0 Å². The van der Waals surface area contributed by atoms with Gasteiger partial charge in [-0.3, -0.25) is 24.2 Å². The molecule has 0 unspecified atom stereocenters. The number of nitrogens with zero attached hydrogens (tertiary/aromatic N) is 4. The van der Waals surface area contributed by atoms with E-state index in [1.807, 2.05) is 19.0 Å². The summed E-state index contributed by atoms with van der Waals surface area (Å²) in [5.74, 6) is -0.917. The summed E-state index contributed by atoms with van der Waals surface area (Å²) in [5.41, 5.74) is 0.755. The van der Waals surface area contributed by atoms with Gasteiger partial charge < -0.3 is 4.90 Å². The third-order valence-electron chi connectivity index (χ3n) is 4.09. The molecule has 26 heavy (non-hydrogen) atoms. The molecule has 1 aromatic carbocycles. The van der Waals surface area contributed by atoms with Crippen LogP contribution in [0.15, 0.2) is 18.2 Å². The number of likely N-dealkylation sites (tertiary alicyclic amines) is 1. The van der Waals surface area contributed by atoms with Gasteiger partial charge in [-0.05, 0) is 32.3 Å². The van der Waals surface area contributed by atoms with Crippen molar-refractivity contribution < 1.29 is 14.4 Å². The lowest BCUT2D eigenvalue weighted by atomic mass is 10.3. The van der Waals surface area contributed by atoms with E-state index >= 15 is 0 Å². The SMILES string of the molecule is CN(C)CCN(C(=O)CN1C(=O)CCC1=O)c1nc2ccc(Cl)cc2s1. The second-order valence-electron chi connectivity index (χ2n) is 6.33. The van der Waals surface area contributed by atoms with Crippen molar-refractivity contribution in [2.24, 2.45) is 0 Å². The minimum absolute atomic E-state index is 0.170. The van der Waals surface area contributed by atoms with Crippen LogP contribution in [0.5, 0.6) is 0 Å². The summed E-state index contributed by atoms with van der Waals surface area (Å²) < 4.78 is 0.878. The quantitative estimate of drug-likeness (QED) is 0.700. The molecule has 1 aliphatic heterocycles. The summed E-state index contributed by atoms with van der Waals surface area (Å²) in [6.45, 7) is 0.793. The van der Waals surface area contributed by atoms with Gasteiger partial charge in [-0.1, -0.05) is 22.9 Å². The normalized spacial score (nSPS) is 14.7. The lowest BCUT2D eigenvalue weighted by molar-refractivity contribution is -0.141. The third-order valence-corrected chi connectivity index (χ3v) is 5.37. The Hall–Kier alpha value is -2.03. The summed E-state index contributed by atoms with van der Waals surface area (Å²) in [6, 6.07) is 5.36. The molecule has 7 nitrogen and oxygen atoms in total. The first-order chi connectivity index (χ1) is 12.3. The molecule has 0 N–H and O–H groups in total. The smallest absolute Gasteiger partial charge is 0.248 e. The van der Waals surface area contributed by atoms with Crippen LogP contribution >= 0.6 is 22.9 Å². The average Bonchev–Trinajstić information content (AvgIpc) is 3.12. The van der Waals surface area contributed by atoms with Gasteiger partial charge in [0.2, 0.25) is 17.7 Å². The highest BCUT2D eigenvalue weighted by molar-refractivity contribution is 7.22. The highest BCUT2D eigenvalue weighted by Crippen LogP contribution is 2.31. The van der Waals surface area contributed by atoms with E-state index in [1.165, 1.54) is 16.2 Å². The molecular weight excluding hydrogens is 376 g/mol. The van der Waals surface area contributed by atoms with Crippen LogP contribution in [0.4, 0.5) is 5.13 Å². The van der Waals surface area contributed by atoms with Gasteiger partial charge in [0, 0.05) is 31.0 Å². The molecule has 1 saturated heterocycles. The Kier molecular flexibility index (Phi) is 5.55. The standard InChI is InChI=1S/C17H19ClN4O3S/c1-20(2)7-8-21(16(25)10-22-14(23)5-6-15(22)24)17-19-12-4-3-11(18)9-13(12)26-17/h3-4,9H,5-8,10H2,1-2H3. The topological polar surface area (TPSA) is 73.8 Å². The zero-order valence-electron chi connectivity index (χ0n) is 14.6. The lowest BCUT2D eigenvalue weighted by Crippen LogP contribution is -2.44. The van der Waals surface area contributed by atoms with E-state index in [1.54, 1.807) is 18.2 Å². The molecule has 9 heteroatoms. The summed E-state index contributed by atoms with van der Waals surface area (Å²) in [6.07, 6.45) is 0.340. The number of benzene rings is 1. The second-order valence-corrected chi connectivity index (χ2v) is 7.78. The molecule has 3 amide bonds. The highest BCUT2D eigenvalue weighted by Gasteiger charge is 2.32. The van der Waals surface area contributed by atoms with Crippen LogP contribution in [0.25, 0.3) is 10.2 Å². The molecule has 1 fully saturated rings. The number of likely N-dealkylation sites (N-methyl/N-ethyl adjacent to an activating group) is 1. The molecule has 3 rings (SSSR count). The third kappa shape index (κ3) is 4.03. The van der Waals surface area contributed by atoms with E-state index in [0.717, 1.165) is 15.1 Å². The summed E-state index contributed by atoms with van der Waals surface area (Å²) in [4.78, 5) is 45.5. The van der Waals surface area contributed by atoms with Crippen molar-refractivity contribution in [2.75, 3.05) is 38.6 Å². The van der Waals surface area contributed by atoms with Crippen LogP contribution in [0.1, 0.15) is 12.8 Å². The van der Waals surface area contributed by atoms with Crippen LogP contribution in [0.3, 0.4) is 0 Å².